The first kappa shape index (κ1) is 20.2. The van der Waals surface area contributed by atoms with Crippen molar-refractivity contribution in [3.63, 3.8) is 0 Å². The zero-order valence-electron chi connectivity index (χ0n) is 14.5. The van der Waals surface area contributed by atoms with Crippen molar-refractivity contribution < 1.29 is 13.2 Å². The molecule has 3 rings (SSSR count). The molecule has 8 heteroatoms. The van der Waals surface area contributed by atoms with Crippen LogP contribution in [0.3, 0.4) is 0 Å². The number of nitrogen functional groups attached to an aromatic ring is 1. The third-order valence-electron chi connectivity index (χ3n) is 4.40. The largest absolute Gasteiger partial charge is 0.399 e. The van der Waals surface area contributed by atoms with E-state index in [-0.39, 0.29) is 36.3 Å². The quantitative estimate of drug-likeness (QED) is 0.807. The van der Waals surface area contributed by atoms with Gasteiger partial charge in [-0.15, -0.1) is 12.4 Å². The second-order valence-electron chi connectivity index (χ2n) is 6.08. The van der Waals surface area contributed by atoms with Crippen LogP contribution < -0.4 is 5.73 Å². The minimum Gasteiger partial charge on any atom is -0.399 e. The molecule has 1 aliphatic heterocycles. The number of carbonyl (C=O) groups excluding carboxylic acids is 1. The van der Waals surface area contributed by atoms with Crippen LogP contribution >= 0.6 is 12.4 Å². The summed E-state index contributed by atoms with van der Waals surface area (Å²) in [6, 6.07) is 13.6. The fraction of sp³-hybridized carbons (Fsp3) is 0.278. The lowest BCUT2D eigenvalue weighted by atomic mass is 10.1. The number of anilines is 1. The third-order valence-corrected chi connectivity index (χ3v) is 6.31. The molecule has 2 N–H and O–H groups in total. The van der Waals surface area contributed by atoms with Gasteiger partial charge >= 0.3 is 0 Å². The highest BCUT2D eigenvalue weighted by Gasteiger charge is 2.30. The molecule has 0 saturated carbocycles. The first-order valence-electron chi connectivity index (χ1n) is 8.10. The molecule has 0 radical (unpaired) electrons. The first-order chi connectivity index (χ1) is 11.9. The number of hydrogen-bond donors (Lipinski definition) is 1. The summed E-state index contributed by atoms with van der Waals surface area (Å²) < 4.78 is 26.7. The Kier molecular flexibility index (Phi) is 6.28. The van der Waals surface area contributed by atoms with Crippen LogP contribution in [0.1, 0.15) is 15.9 Å². The highest BCUT2D eigenvalue weighted by atomic mass is 35.5. The number of carbonyl (C=O) groups is 1. The van der Waals surface area contributed by atoms with Gasteiger partial charge in [0, 0.05) is 37.4 Å². The van der Waals surface area contributed by atoms with Crippen LogP contribution in [-0.4, -0.2) is 49.7 Å². The fourth-order valence-electron chi connectivity index (χ4n) is 2.91. The van der Waals surface area contributed by atoms with E-state index >= 15 is 0 Å². The normalized spacial score (nSPS) is 15.3. The number of hydrogen-bond acceptors (Lipinski definition) is 4. The zero-order valence-corrected chi connectivity index (χ0v) is 16.1. The number of aryl methyl sites for hydroxylation is 1. The standard InChI is InChI=1S/C18H21N3O3S.ClH/c1-14-7-8-15(19)13-17(14)18(22)20-9-11-21(12-10-20)25(23,24)16-5-3-2-4-6-16;/h2-8,13H,9-12,19H2,1H3;1H. The molecule has 1 fully saturated rings. The molecular formula is C18H22ClN3O3S. The van der Waals surface area contributed by atoms with Crippen molar-refractivity contribution in [1.82, 2.24) is 9.21 Å². The summed E-state index contributed by atoms with van der Waals surface area (Å²) in [6.07, 6.45) is 0. The summed E-state index contributed by atoms with van der Waals surface area (Å²) in [7, 11) is -3.52. The smallest absolute Gasteiger partial charge is 0.254 e. The average Bonchev–Trinajstić information content (AvgIpc) is 2.64. The molecule has 1 heterocycles. The monoisotopic (exact) mass is 395 g/mol. The van der Waals surface area contributed by atoms with Gasteiger partial charge in [-0.2, -0.15) is 4.31 Å². The van der Waals surface area contributed by atoms with Gasteiger partial charge in [0.2, 0.25) is 10.0 Å². The van der Waals surface area contributed by atoms with E-state index in [4.69, 9.17) is 5.73 Å². The lowest BCUT2D eigenvalue weighted by molar-refractivity contribution is 0.0697. The number of rotatable bonds is 3. The maximum Gasteiger partial charge on any atom is 0.254 e. The summed E-state index contributed by atoms with van der Waals surface area (Å²) in [4.78, 5) is 14.7. The number of piperazine rings is 1. The van der Waals surface area contributed by atoms with E-state index in [1.165, 1.54) is 4.31 Å². The summed E-state index contributed by atoms with van der Waals surface area (Å²) >= 11 is 0. The molecule has 0 spiro atoms. The lowest BCUT2D eigenvalue weighted by Crippen LogP contribution is -2.50. The van der Waals surface area contributed by atoms with E-state index in [0.717, 1.165) is 5.56 Å². The van der Waals surface area contributed by atoms with E-state index in [9.17, 15) is 13.2 Å². The molecule has 26 heavy (non-hydrogen) atoms. The predicted octanol–water partition coefficient (Wildman–Crippen LogP) is 2.15. The summed E-state index contributed by atoms with van der Waals surface area (Å²) in [5.41, 5.74) is 7.75. The Morgan fingerprint density at radius 2 is 1.62 bits per heavy atom. The van der Waals surface area contributed by atoms with Crippen molar-refractivity contribution in [2.24, 2.45) is 0 Å². The van der Waals surface area contributed by atoms with Crippen LogP contribution in [0.4, 0.5) is 5.69 Å². The Labute approximate surface area is 160 Å². The topological polar surface area (TPSA) is 83.7 Å². The number of benzene rings is 2. The van der Waals surface area contributed by atoms with Crippen molar-refractivity contribution in [1.29, 1.82) is 0 Å². The van der Waals surface area contributed by atoms with Crippen LogP contribution in [0.5, 0.6) is 0 Å². The molecular weight excluding hydrogens is 374 g/mol. The summed E-state index contributed by atoms with van der Waals surface area (Å²) in [6.45, 7) is 3.15. The number of amides is 1. The molecule has 2 aromatic rings. The van der Waals surface area contributed by atoms with Crippen molar-refractivity contribution in [2.45, 2.75) is 11.8 Å². The Bertz CT molecular complexity index is 880. The maximum absolute atomic E-state index is 12.7. The van der Waals surface area contributed by atoms with E-state index < -0.39 is 10.0 Å². The molecule has 1 saturated heterocycles. The lowest BCUT2D eigenvalue weighted by Gasteiger charge is -2.34. The van der Waals surface area contributed by atoms with Crippen LogP contribution in [0.2, 0.25) is 0 Å². The third kappa shape index (κ3) is 4.00. The zero-order chi connectivity index (χ0) is 18.0. The second-order valence-corrected chi connectivity index (χ2v) is 8.02. The number of halogens is 1. The predicted molar refractivity (Wildman–Crippen MR) is 104 cm³/mol. The van der Waals surface area contributed by atoms with Crippen LogP contribution in [0.25, 0.3) is 0 Å². The van der Waals surface area contributed by atoms with Crippen LogP contribution in [0, 0.1) is 6.92 Å². The minimum absolute atomic E-state index is 0. The Morgan fingerprint density at radius 3 is 2.23 bits per heavy atom. The van der Waals surface area contributed by atoms with Gasteiger partial charge in [0.1, 0.15) is 0 Å². The van der Waals surface area contributed by atoms with Crippen molar-refractivity contribution in [3.05, 3.63) is 59.7 Å². The van der Waals surface area contributed by atoms with Gasteiger partial charge in [-0.05, 0) is 36.8 Å². The van der Waals surface area contributed by atoms with Gasteiger partial charge in [0.05, 0.1) is 4.90 Å². The molecule has 0 aromatic heterocycles. The summed E-state index contributed by atoms with van der Waals surface area (Å²) in [5, 5.41) is 0. The fourth-order valence-corrected chi connectivity index (χ4v) is 4.36. The first-order valence-corrected chi connectivity index (χ1v) is 9.54. The number of nitrogens with two attached hydrogens (primary N) is 1. The van der Waals surface area contributed by atoms with E-state index in [2.05, 4.69) is 0 Å². The molecule has 0 bridgehead atoms. The molecule has 0 atom stereocenters. The van der Waals surface area contributed by atoms with Gasteiger partial charge in [0.15, 0.2) is 0 Å². The van der Waals surface area contributed by atoms with Gasteiger partial charge in [-0.1, -0.05) is 24.3 Å². The van der Waals surface area contributed by atoms with Gasteiger partial charge in [0.25, 0.3) is 5.91 Å². The van der Waals surface area contributed by atoms with Crippen LogP contribution in [0.15, 0.2) is 53.4 Å². The molecule has 6 nitrogen and oxygen atoms in total. The van der Waals surface area contributed by atoms with Crippen LogP contribution in [-0.2, 0) is 10.0 Å². The van der Waals surface area contributed by atoms with Crippen molar-refractivity contribution in [2.75, 3.05) is 31.9 Å². The number of nitrogens with zero attached hydrogens (tertiary/aromatic N) is 2. The summed E-state index contributed by atoms with van der Waals surface area (Å²) in [5.74, 6) is -0.110. The van der Waals surface area contributed by atoms with E-state index in [1.54, 1.807) is 47.4 Å². The van der Waals surface area contributed by atoms with Gasteiger partial charge < -0.3 is 10.6 Å². The highest BCUT2D eigenvalue weighted by Crippen LogP contribution is 2.20. The highest BCUT2D eigenvalue weighted by molar-refractivity contribution is 7.89. The average molecular weight is 396 g/mol. The molecule has 0 unspecified atom stereocenters. The molecule has 140 valence electrons. The van der Waals surface area contributed by atoms with Gasteiger partial charge in [-0.3, -0.25) is 4.79 Å². The minimum atomic E-state index is -3.52. The van der Waals surface area contributed by atoms with Crippen molar-refractivity contribution in [3.8, 4) is 0 Å². The SMILES string of the molecule is Cc1ccc(N)cc1C(=O)N1CCN(S(=O)(=O)c2ccccc2)CC1.Cl. The second kappa shape index (κ2) is 8.07. The Hall–Kier alpha value is -2.09. The van der Waals surface area contributed by atoms with Crippen molar-refractivity contribution >= 4 is 34.0 Å². The molecule has 1 amide bonds. The number of sulfonamides is 1. The Morgan fingerprint density at radius 1 is 1.00 bits per heavy atom. The molecule has 2 aromatic carbocycles. The maximum atomic E-state index is 12.7. The van der Waals surface area contributed by atoms with E-state index in [0.29, 0.717) is 24.3 Å². The van der Waals surface area contributed by atoms with E-state index in [1.807, 2.05) is 13.0 Å². The molecule has 1 aliphatic rings. The Balaban J connectivity index is 0.00000243. The molecule has 0 aliphatic carbocycles. The van der Waals surface area contributed by atoms with Gasteiger partial charge in [-0.25, -0.2) is 8.42 Å².